The van der Waals surface area contributed by atoms with E-state index in [9.17, 15) is 14.4 Å². The van der Waals surface area contributed by atoms with E-state index in [2.05, 4.69) is 10.6 Å². The highest BCUT2D eigenvalue weighted by molar-refractivity contribution is 5.88. The van der Waals surface area contributed by atoms with Crippen molar-refractivity contribution in [3.63, 3.8) is 0 Å². The topological polar surface area (TPSA) is 119 Å². The predicted octanol–water partition coefficient (Wildman–Crippen LogP) is -1.26. The fourth-order valence-electron chi connectivity index (χ4n) is 1.90. The van der Waals surface area contributed by atoms with Crippen molar-refractivity contribution in [1.82, 2.24) is 15.5 Å². The third-order valence-corrected chi connectivity index (χ3v) is 2.96. The van der Waals surface area contributed by atoms with Gasteiger partial charge in [-0.25, -0.2) is 9.59 Å². The van der Waals surface area contributed by atoms with Gasteiger partial charge < -0.3 is 25.7 Å². The van der Waals surface area contributed by atoms with E-state index in [0.29, 0.717) is 19.5 Å². The van der Waals surface area contributed by atoms with E-state index in [0.717, 1.165) is 0 Å². The average Bonchev–Trinajstić information content (AvgIpc) is 2.37. The fraction of sp³-hybridized carbons (Fsp3) is 0.727. The Kier molecular flexibility index (Phi) is 5.56. The predicted molar refractivity (Wildman–Crippen MR) is 65.5 cm³/mol. The molecule has 1 aliphatic heterocycles. The quantitative estimate of drug-likeness (QED) is 0.498. The first-order chi connectivity index (χ1) is 8.97. The summed E-state index contributed by atoms with van der Waals surface area (Å²) in [5.41, 5.74) is 0. The first-order valence-electron chi connectivity index (χ1n) is 6.20. The summed E-state index contributed by atoms with van der Waals surface area (Å²) in [7, 11) is 0. The van der Waals surface area contributed by atoms with Crippen LogP contribution in [0.3, 0.4) is 0 Å². The number of urea groups is 1. The number of carbonyl (C=O) groups excluding carboxylic acids is 2. The molecule has 0 bridgehead atoms. The van der Waals surface area contributed by atoms with Gasteiger partial charge in [0.2, 0.25) is 5.91 Å². The van der Waals surface area contributed by atoms with Gasteiger partial charge in [0, 0.05) is 26.1 Å². The SMILES string of the molecule is CCC1C(=O)NCCN1C(=O)NCC[C@H](O)C(=O)O. The van der Waals surface area contributed by atoms with Crippen LogP contribution in [0.15, 0.2) is 0 Å². The van der Waals surface area contributed by atoms with Crippen LogP contribution in [0.4, 0.5) is 4.79 Å². The lowest BCUT2D eigenvalue weighted by Crippen LogP contribution is -2.59. The average molecular weight is 273 g/mol. The normalized spacial score (nSPS) is 20.6. The fourth-order valence-corrected chi connectivity index (χ4v) is 1.90. The van der Waals surface area contributed by atoms with Crippen LogP contribution >= 0.6 is 0 Å². The lowest BCUT2D eigenvalue weighted by Gasteiger charge is -2.34. The number of carbonyl (C=O) groups is 3. The van der Waals surface area contributed by atoms with Crippen molar-refractivity contribution in [3.05, 3.63) is 0 Å². The zero-order valence-corrected chi connectivity index (χ0v) is 10.8. The van der Waals surface area contributed by atoms with Gasteiger partial charge >= 0.3 is 12.0 Å². The number of hydrogen-bond donors (Lipinski definition) is 4. The first kappa shape index (κ1) is 15.2. The van der Waals surface area contributed by atoms with Gasteiger partial charge in [-0.2, -0.15) is 0 Å². The van der Waals surface area contributed by atoms with Gasteiger partial charge in [0.05, 0.1) is 0 Å². The van der Waals surface area contributed by atoms with E-state index < -0.39 is 24.1 Å². The summed E-state index contributed by atoms with van der Waals surface area (Å²) in [6.45, 7) is 2.67. The number of carboxylic acid groups (broad SMARTS) is 1. The molecule has 1 rings (SSSR count). The summed E-state index contributed by atoms with van der Waals surface area (Å²) >= 11 is 0. The van der Waals surface area contributed by atoms with Crippen LogP contribution in [0, 0.1) is 0 Å². The zero-order valence-electron chi connectivity index (χ0n) is 10.8. The standard InChI is InChI=1S/C11H19N3O5/c1-2-7-9(16)12-5-6-14(7)11(19)13-4-3-8(15)10(17)18/h7-8,15H,2-6H2,1H3,(H,12,16)(H,13,19)(H,17,18)/t7?,8-/m0/s1. The minimum atomic E-state index is -1.49. The Labute approximate surface area is 110 Å². The highest BCUT2D eigenvalue weighted by Gasteiger charge is 2.31. The highest BCUT2D eigenvalue weighted by atomic mass is 16.4. The Bertz CT molecular complexity index is 360. The molecule has 1 heterocycles. The lowest BCUT2D eigenvalue weighted by molar-refractivity contribution is -0.146. The maximum Gasteiger partial charge on any atom is 0.332 e. The molecular weight excluding hydrogens is 254 g/mol. The van der Waals surface area contributed by atoms with Crippen molar-refractivity contribution in [2.75, 3.05) is 19.6 Å². The molecule has 0 aromatic carbocycles. The Hall–Kier alpha value is -1.83. The van der Waals surface area contributed by atoms with Gasteiger partial charge in [-0.05, 0) is 6.42 Å². The third-order valence-electron chi connectivity index (χ3n) is 2.96. The van der Waals surface area contributed by atoms with Crippen molar-refractivity contribution in [2.24, 2.45) is 0 Å². The number of hydrogen-bond acceptors (Lipinski definition) is 4. The van der Waals surface area contributed by atoms with Gasteiger partial charge in [-0.3, -0.25) is 4.79 Å². The molecule has 19 heavy (non-hydrogen) atoms. The van der Waals surface area contributed by atoms with Crippen molar-refractivity contribution >= 4 is 17.9 Å². The number of piperazine rings is 1. The molecule has 8 nitrogen and oxygen atoms in total. The molecule has 0 radical (unpaired) electrons. The molecule has 1 aliphatic rings. The van der Waals surface area contributed by atoms with E-state index in [1.54, 1.807) is 0 Å². The van der Waals surface area contributed by atoms with Crippen molar-refractivity contribution < 1.29 is 24.6 Å². The van der Waals surface area contributed by atoms with Crippen LogP contribution < -0.4 is 10.6 Å². The third kappa shape index (κ3) is 4.09. The smallest absolute Gasteiger partial charge is 0.332 e. The molecule has 1 fully saturated rings. The number of rotatable bonds is 5. The summed E-state index contributed by atoms with van der Waals surface area (Å²) in [6, 6.07) is -0.919. The zero-order chi connectivity index (χ0) is 14.4. The maximum atomic E-state index is 11.9. The van der Waals surface area contributed by atoms with Crippen LogP contribution in [0.25, 0.3) is 0 Å². The van der Waals surface area contributed by atoms with Crippen LogP contribution in [0.1, 0.15) is 19.8 Å². The van der Waals surface area contributed by atoms with E-state index >= 15 is 0 Å². The van der Waals surface area contributed by atoms with Crippen molar-refractivity contribution in [3.8, 4) is 0 Å². The number of aliphatic hydroxyl groups excluding tert-OH is 1. The van der Waals surface area contributed by atoms with Crippen molar-refractivity contribution in [2.45, 2.75) is 31.9 Å². The molecule has 1 saturated heterocycles. The van der Waals surface area contributed by atoms with Crippen LogP contribution in [-0.4, -0.2) is 64.8 Å². The molecule has 8 heteroatoms. The number of nitrogens with zero attached hydrogens (tertiary/aromatic N) is 1. The molecule has 4 N–H and O–H groups in total. The number of nitrogens with one attached hydrogen (secondary N) is 2. The second kappa shape index (κ2) is 6.93. The Balaban J connectivity index is 2.43. The molecule has 0 saturated carbocycles. The molecule has 0 spiro atoms. The molecular formula is C11H19N3O5. The molecule has 0 aliphatic carbocycles. The molecule has 0 aromatic heterocycles. The molecule has 1 unspecified atom stereocenters. The summed E-state index contributed by atoms with van der Waals surface area (Å²) in [5.74, 6) is -1.51. The van der Waals surface area contributed by atoms with Crippen LogP contribution in [0.2, 0.25) is 0 Å². The molecule has 0 aromatic rings. The Morgan fingerprint density at radius 1 is 1.58 bits per heavy atom. The second-order valence-electron chi connectivity index (χ2n) is 4.28. The number of carboxylic acids is 1. The minimum Gasteiger partial charge on any atom is -0.479 e. The number of aliphatic carboxylic acids is 1. The maximum absolute atomic E-state index is 11.9. The first-order valence-corrected chi connectivity index (χ1v) is 6.20. The van der Waals surface area contributed by atoms with Gasteiger partial charge in [-0.1, -0.05) is 6.92 Å². The number of amides is 3. The highest BCUT2D eigenvalue weighted by Crippen LogP contribution is 2.08. The summed E-state index contributed by atoms with van der Waals surface area (Å²) < 4.78 is 0. The van der Waals surface area contributed by atoms with Gasteiger partial charge in [0.15, 0.2) is 6.10 Å². The minimum absolute atomic E-state index is 0.0425. The van der Waals surface area contributed by atoms with Crippen LogP contribution in [-0.2, 0) is 9.59 Å². The largest absolute Gasteiger partial charge is 0.479 e. The Morgan fingerprint density at radius 2 is 2.26 bits per heavy atom. The second-order valence-corrected chi connectivity index (χ2v) is 4.28. The molecule has 108 valence electrons. The van der Waals surface area contributed by atoms with E-state index in [-0.39, 0.29) is 18.9 Å². The van der Waals surface area contributed by atoms with Gasteiger partial charge in [-0.15, -0.1) is 0 Å². The van der Waals surface area contributed by atoms with Gasteiger partial charge in [0.25, 0.3) is 0 Å². The number of aliphatic hydroxyl groups is 1. The summed E-state index contributed by atoms with van der Waals surface area (Å²) in [5, 5.41) is 22.7. The monoisotopic (exact) mass is 273 g/mol. The van der Waals surface area contributed by atoms with E-state index in [1.165, 1.54) is 4.90 Å². The molecule has 2 atom stereocenters. The Morgan fingerprint density at radius 3 is 2.84 bits per heavy atom. The lowest BCUT2D eigenvalue weighted by atomic mass is 10.1. The van der Waals surface area contributed by atoms with Crippen LogP contribution in [0.5, 0.6) is 0 Å². The van der Waals surface area contributed by atoms with E-state index in [1.807, 2.05) is 6.92 Å². The van der Waals surface area contributed by atoms with Crippen molar-refractivity contribution in [1.29, 1.82) is 0 Å². The molecule has 3 amide bonds. The summed E-state index contributed by atoms with van der Waals surface area (Å²) in [4.78, 5) is 35.2. The van der Waals surface area contributed by atoms with E-state index in [4.69, 9.17) is 10.2 Å². The summed E-state index contributed by atoms with van der Waals surface area (Å²) in [6.07, 6.45) is -1.05. The van der Waals surface area contributed by atoms with Gasteiger partial charge in [0.1, 0.15) is 6.04 Å².